The Morgan fingerprint density at radius 2 is 2.06 bits per heavy atom. The van der Waals surface area contributed by atoms with E-state index in [2.05, 4.69) is 11.2 Å². The summed E-state index contributed by atoms with van der Waals surface area (Å²) in [7, 11) is 0. The average molecular weight is 254 g/mol. The summed E-state index contributed by atoms with van der Waals surface area (Å²) in [4.78, 5) is 24.3. The molecule has 1 unspecified atom stereocenters. The third kappa shape index (κ3) is 5.58. The van der Waals surface area contributed by atoms with Crippen LogP contribution in [0.15, 0.2) is 0 Å². The second-order valence-corrected chi connectivity index (χ2v) is 4.50. The number of carbonyl (C=O) groups excluding carboxylic acids is 1. The summed E-state index contributed by atoms with van der Waals surface area (Å²) in [5.74, 6) is 0.904. The third-order valence-electron chi connectivity index (χ3n) is 2.66. The zero-order valence-electron chi connectivity index (χ0n) is 11.3. The van der Waals surface area contributed by atoms with Gasteiger partial charge in [-0.2, -0.15) is 0 Å². The highest BCUT2D eigenvalue weighted by Crippen LogP contribution is 2.09. The molecule has 0 aliphatic rings. The predicted octanol–water partition coefficient (Wildman–Crippen LogP) is 1.40. The van der Waals surface area contributed by atoms with E-state index < -0.39 is 11.9 Å². The highest BCUT2D eigenvalue weighted by Gasteiger charge is 2.22. The van der Waals surface area contributed by atoms with Crippen LogP contribution in [0.3, 0.4) is 0 Å². The van der Waals surface area contributed by atoms with Gasteiger partial charge < -0.3 is 15.3 Å². The van der Waals surface area contributed by atoms with Crippen molar-refractivity contribution < 1.29 is 14.7 Å². The molecule has 0 fully saturated rings. The van der Waals surface area contributed by atoms with Crippen molar-refractivity contribution in [3.05, 3.63) is 0 Å². The number of carbonyl (C=O) groups is 2. The standard InChI is InChI=1S/C13H22N2O3/c1-5-7-15(8-6-2)13(18)14-9-11(10(3)4)12(16)17/h1,10-11H,6-9H2,2-4H3,(H,14,18)(H,16,17). The Labute approximate surface area is 109 Å². The van der Waals surface area contributed by atoms with Crippen molar-refractivity contribution in [1.29, 1.82) is 0 Å². The van der Waals surface area contributed by atoms with Crippen molar-refractivity contribution in [2.75, 3.05) is 19.6 Å². The van der Waals surface area contributed by atoms with Crippen molar-refractivity contribution >= 4 is 12.0 Å². The van der Waals surface area contributed by atoms with Crippen molar-refractivity contribution in [2.45, 2.75) is 27.2 Å². The van der Waals surface area contributed by atoms with E-state index in [0.717, 1.165) is 6.42 Å². The van der Waals surface area contributed by atoms with Gasteiger partial charge in [0.05, 0.1) is 12.5 Å². The summed E-state index contributed by atoms with van der Waals surface area (Å²) in [5.41, 5.74) is 0. The number of nitrogens with one attached hydrogen (secondary N) is 1. The van der Waals surface area contributed by atoms with Crippen LogP contribution in [0.2, 0.25) is 0 Å². The second-order valence-electron chi connectivity index (χ2n) is 4.50. The molecule has 0 bridgehead atoms. The van der Waals surface area contributed by atoms with Gasteiger partial charge in [0.15, 0.2) is 0 Å². The lowest BCUT2D eigenvalue weighted by molar-refractivity contribution is -0.142. The molecule has 0 aliphatic heterocycles. The molecule has 5 heteroatoms. The largest absolute Gasteiger partial charge is 0.481 e. The maximum atomic E-state index is 11.8. The van der Waals surface area contributed by atoms with E-state index in [4.69, 9.17) is 11.5 Å². The number of hydrogen-bond acceptors (Lipinski definition) is 2. The second kappa shape index (κ2) is 8.40. The van der Waals surface area contributed by atoms with Gasteiger partial charge in [-0.05, 0) is 12.3 Å². The monoisotopic (exact) mass is 254 g/mol. The van der Waals surface area contributed by atoms with Crippen LogP contribution in [0.1, 0.15) is 27.2 Å². The number of urea groups is 1. The zero-order valence-corrected chi connectivity index (χ0v) is 11.3. The molecule has 2 N–H and O–H groups in total. The number of hydrogen-bond donors (Lipinski definition) is 2. The molecule has 0 aliphatic carbocycles. The molecule has 0 spiro atoms. The van der Waals surface area contributed by atoms with Crippen molar-refractivity contribution in [3.63, 3.8) is 0 Å². The lowest BCUT2D eigenvalue weighted by atomic mass is 9.96. The molecule has 0 radical (unpaired) electrons. The molecule has 18 heavy (non-hydrogen) atoms. The topological polar surface area (TPSA) is 69.6 Å². The van der Waals surface area contributed by atoms with Crippen molar-refractivity contribution in [3.8, 4) is 12.3 Å². The van der Waals surface area contributed by atoms with E-state index in [1.807, 2.05) is 20.8 Å². The first kappa shape index (κ1) is 16.3. The van der Waals surface area contributed by atoms with E-state index >= 15 is 0 Å². The summed E-state index contributed by atoms with van der Waals surface area (Å²) >= 11 is 0. The van der Waals surface area contributed by atoms with Crippen LogP contribution in [-0.2, 0) is 4.79 Å². The van der Waals surface area contributed by atoms with E-state index in [1.54, 1.807) is 0 Å². The first-order valence-electron chi connectivity index (χ1n) is 6.13. The maximum Gasteiger partial charge on any atom is 0.318 e. The Morgan fingerprint density at radius 3 is 2.44 bits per heavy atom. The minimum Gasteiger partial charge on any atom is -0.481 e. The summed E-state index contributed by atoms with van der Waals surface area (Å²) in [6.45, 7) is 6.50. The number of aliphatic carboxylic acids is 1. The minimum atomic E-state index is -0.899. The fraction of sp³-hybridized carbons (Fsp3) is 0.692. The van der Waals surface area contributed by atoms with Gasteiger partial charge in [-0.15, -0.1) is 6.42 Å². The average Bonchev–Trinajstić information content (AvgIpc) is 2.27. The summed E-state index contributed by atoms with van der Waals surface area (Å²) in [5, 5.41) is 11.6. The fourth-order valence-electron chi connectivity index (χ4n) is 1.55. The number of carboxylic acid groups (broad SMARTS) is 1. The zero-order chi connectivity index (χ0) is 14.1. The molecular formula is C13H22N2O3. The molecule has 102 valence electrons. The first-order chi connectivity index (χ1) is 8.43. The molecule has 0 aromatic rings. The molecule has 0 aromatic carbocycles. The number of carboxylic acids is 1. The Hall–Kier alpha value is -1.70. The Morgan fingerprint density at radius 1 is 1.44 bits per heavy atom. The molecule has 0 aromatic heterocycles. The van der Waals surface area contributed by atoms with E-state index in [9.17, 15) is 9.59 Å². The van der Waals surface area contributed by atoms with Crippen molar-refractivity contribution in [1.82, 2.24) is 10.2 Å². The number of amides is 2. The fourth-order valence-corrected chi connectivity index (χ4v) is 1.55. The Bertz CT molecular complexity index is 321. The summed E-state index contributed by atoms with van der Waals surface area (Å²) < 4.78 is 0. The van der Waals surface area contributed by atoms with Gasteiger partial charge in [0.1, 0.15) is 0 Å². The normalized spacial score (nSPS) is 11.7. The number of nitrogens with zero attached hydrogens (tertiary/aromatic N) is 1. The molecule has 0 rings (SSSR count). The van der Waals surface area contributed by atoms with Crippen LogP contribution in [0.5, 0.6) is 0 Å². The van der Waals surface area contributed by atoms with Crippen LogP contribution in [0, 0.1) is 24.2 Å². The van der Waals surface area contributed by atoms with Crippen molar-refractivity contribution in [2.24, 2.45) is 11.8 Å². The lowest BCUT2D eigenvalue weighted by Gasteiger charge is -2.22. The van der Waals surface area contributed by atoms with Crippen LogP contribution in [0.25, 0.3) is 0 Å². The molecular weight excluding hydrogens is 232 g/mol. The lowest BCUT2D eigenvalue weighted by Crippen LogP contribution is -2.44. The Kier molecular flexibility index (Phi) is 7.61. The van der Waals surface area contributed by atoms with E-state index in [-0.39, 0.29) is 25.0 Å². The molecule has 1 atom stereocenters. The Balaban J connectivity index is 4.37. The van der Waals surface area contributed by atoms with Gasteiger partial charge >= 0.3 is 12.0 Å². The molecule has 2 amide bonds. The van der Waals surface area contributed by atoms with Gasteiger partial charge in [-0.3, -0.25) is 4.79 Å². The van der Waals surface area contributed by atoms with Crippen LogP contribution in [0.4, 0.5) is 4.79 Å². The molecule has 0 saturated heterocycles. The molecule has 0 heterocycles. The number of rotatable bonds is 7. The van der Waals surface area contributed by atoms with Crippen LogP contribution >= 0.6 is 0 Å². The highest BCUT2D eigenvalue weighted by molar-refractivity contribution is 5.76. The summed E-state index contributed by atoms with van der Waals surface area (Å²) in [6, 6.07) is -0.304. The predicted molar refractivity (Wildman–Crippen MR) is 70.1 cm³/mol. The highest BCUT2D eigenvalue weighted by atomic mass is 16.4. The smallest absolute Gasteiger partial charge is 0.318 e. The maximum absolute atomic E-state index is 11.8. The van der Waals surface area contributed by atoms with Gasteiger partial charge in [-0.1, -0.05) is 26.7 Å². The van der Waals surface area contributed by atoms with Crippen LogP contribution in [-0.4, -0.2) is 41.6 Å². The SMILES string of the molecule is C#CCN(CCC)C(=O)NCC(C(=O)O)C(C)C. The van der Waals surface area contributed by atoms with Gasteiger partial charge in [0, 0.05) is 13.1 Å². The first-order valence-corrected chi connectivity index (χ1v) is 6.13. The summed E-state index contributed by atoms with van der Waals surface area (Å²) in [6.07, 6.45) is 5.99. The van der Waals surface area contributed by atoms with Gasteiger partial charge in [0.2, 0.25) is 0 Å². The van der Waals surface area contributed by atoms with E-state index in [0.29, 0.717) is 6.54 Å². The van der Waals surface area contributed by atoms with E-state index in [1.165, 1.54) is 4.90 Å². The number of terminal acetylenes is 1. The van der Waals surface area contributed by atoms with Crippen LogP contribution < -0.4 is 5.32 Å². The third-order valence-corrected chi connectivity index (χ3v) is 2.66. The minimum absolute atomic E-state index is 0.0324. The molecule has 0 saturated carbocycles. The van der Waals surface area contributed by atoms with Gasteiger partial charge in [-0.25, -0.2) is 4.79 Å². The van der Waals surface area contributed by atoms with Gasteiger partial charge in [0.25, 0.3) is 0 Å². The quantitative estimate of drug-likeness (QED) is 0.675. The molecule has 5 nitrogen and oxygen atoms in total.